The Bertz CT molecular complexity index is 1450. The van der Waals surface area contributed by atoms with E-state index in [1.165, 1.54) is 17.7 Å². The van der Waals surface area contributed by atoms with Crippen molar-refractivity contribution in [2.45, 2.75) is 31.9 Å². The predicted molar refractivity (Wildman–Crippen MR) is 147 cm³/mol. The van der Waals surface area contributed by atoms with Crippen molar-refractivity contribution in [1.82, 2.24) is 9.88 Å². The molecule has 4 aromatic rings. The van der Waals surface area contributed by atoms with E-state index in [9.17, 15) is 18.0 Å². The number of alkyl halides is 3. The average molecular weight is 536 g/mol. The third-order valence-electron chi connectivity index (χ3n) is 7.64. The van der Waals surface area contributed by atoms with Gasteiger partial charge in [0, 0.05) is 61.3 Å². The highest BCUT2D eigenvalue weighted by atomic mass is 19.4. The van der Waals surface area contributed by atoms with Crippen LogP contribution in [-0.4, -0.2) is 49.1 Å². The number of para-hydroxylation sites is 1. The van der Waals surface area contributed by atoms with Crippen LogP contribution >= 0.6 is 0 Å². The van der Waals surface area contributed by atoms with Crippen molar-refractivity contribution in [1.29, 1.82) is 0 Å². The summed E-state index contributed by atoms with van der Waals surface area (Å²) in [4.78, 5) is 20.8. The van der Waals surface area contributed by atoms with Gasteiger partial charge in [0.1, 0.15) is 5.75 Å². The van der Waals surface area contributed by atoms with Crippen molar-refractivity contribution in [2.75, 3.05) is 38.2 Å². The molecule has 0 aliphatic carbocycles. The van der Waals surface area contributed by atoms with E-state index in [0.29, 0.717) is 31.9 Å². The van der Waals surface area contributed by atoms with Crippen LogP contribution in [-0.2, 0) is 17.4 Å². The summed E-state index contributed by atoms with van der Waals surface area (Å²) in [5.41, 5.74) is 4.23. The van der Waals surface area contributed by atoms with Crippen LogP contribution in [0.2, 0.25) is 0 Å². The molecule has 1 fully saturated rings. The number of hydrogen-bond acceptors (Lipinski definition) is 3. The SMILES string of the molecule is CCc1cccc2c(C(CC(=O)N3CCN(c4cccc(C(F)(F)F)c4)CC3)c3cccc(OC)c3)c[nH]c12. The van der Waals surface area contributed by atoms with Gasteiger partial charge >= 0.3 is 6.18 Å². The molecule has 0 spiro atoms. The molecule has 0 radical (unpaired) electrons. The minimum absolute atomic E-state index is 0.0208. The van der Waals surface area contributed by atoms with Gasteiger partial charge in [-0.1, -0.05) is 43.3 Å². The molecule has 1 aliphatic rings. The highest BCUT2D eigenvalue weighted by Crippen LogP contribution is 2.37. The molecule has 1 N–H and O–H groups in total. The monoisotopic (exact) mass is 535 g/mol. The second kappa shape index (κ2) is 11.0. The number of benzene rings is 3. The topological polar surface area (TPSA) is 48.6 Å². The van der Waals surface area contributed by atoms with E-state index in [-0.39, 0.29) is 18.2 Å². The highest BCUT2D eigenvalue weighted by Gasteiger charge is 2.32. The van der Waals surface area contributed by atoms with Crippen molar-refractivity contribution in [3.63, 3.8) is 0 Å². The lowest BCUT2D eigenvalue weighted by Gasteiger charge is -2.37. The summed E-state index contributed by atoms with van der Waals surface area (Å²) in [5, 5.41) is 1.10. The number of rotatable bonds is 7. The van der Waals surface area contributed by atoms with Gasteiger partial charge in [0.05, 0.1) is 12.7 Å². The fourth-order valence-electron chi connectivity index (χ4n) is 5.48. The van der Waals surface area contributed by atoms with E-state index < -0.39 is 11.7 Å². The molecule has 204 valence electrons. The molecule has 1 atom stereocenters. The Morgan fingerprint density at radius 3 is 2.46 bits per heavy atom. The lowest BCUT2D eigenvalue weighted by atomic mass is 9.87. The summed E-state index contributed by atoms with van der Waals surface area (Å²) >= 11 is 0. The molecule has 0 bridgehead atoms. The molecule has 2 heterocycles. The van der Waals surface area contributed by atoms with Crippen molar-refractivity contribution in [3.05, 3.63) is 95.2 Å². The molecule has 3 aromatic carbocycles. The van der Waals surface area contributed by atoms with Gasteiger partial charge in [0.15, 0.2) is 0 Å². The number of aromatic amines is 1. The van der Waals surface area contributed by atoms with E-state index in [1.807, 2.05) is 40.3 Å². The van der Waals surface area contributed by atoms with E-state index in [1.54, 1.807) is 13.2 Å². The van der Waals surface area contributed by atoms with Crippen LogP contribution in [0.15, 0.2) is 72.9 Å². The Morgan fingerprint density at radius 2 is 1.74 bits per heavy atom. The Kier molecular flexibility index (Phi) is 7.55. The van der Waals surface area contributed by atoms with Gasteiger partial charge in [-0.3, -0.25) is 4.79 Å². The number of fused-ring (bicyclic) bond motifs is 1. The molecule has 0 saturated carbocycles. The zero-order chi connectivity index (χ0) is 27.6. The van der Waals surface area contributed by atoms with Gasteiger partial charge in [-0.05, 0) is 53.4 Å². The van der Waals surface area contributed by atoms with Crippen LogP contribution in [0, 0.1) is 0 Å². The van der Waals surface area contributed by atoms with Crippen LogP contribution in [0.5, 0.6) is 5.75 Å². The van der Waals surface area contributed by atoms with Crippen LogP contribution < -0.4 is 9.64 Å². The van der Waals surface area contributed by atoms with Gasteiger partial charge in [0.25, 0.3) is 0 Å². The number of piperazine rings is 1. The largest absolute Gasteiger partial charge is 0.497 e. The number of carbonyl (C=O) groups is 1. The van der Waals surface area contributed by atoms with Crippen LogP contribution in [0.25, 0.3) is 10.9 Å². The number of nitrogens with one attached hydrogen (secondary N) is 1. The summed E-state index contributed by atoms with van der Waals surface area (Å²) in [5.74, 6) is 0.566. The third kappa shape index (κ3) is 5.60. The van der Waals surface area contributed by atoms with Crippen LogP contribution in [0.1, 0.15) is 41.5 Å². The molecular weight excluding hydrogens is 503 g/mol. The molecule has 39 heavy (non-hydrogen) atoms. The lowest BCUT2D eigenvalue weighted by molar-refractivity contribution is -0.137. The van der Waals surface area contributed by atoms with E-state index in [0.717, 1.165) is 40.3 Å². The van der Waals surface area contributed by atoms with Gasteiger partial charge < -0.3 is 19.5 Å². The molecule has 5 rings (SSSR count). The number of H-pyrrole nitrogens is 1. The molecule has 1 aromatic heterocycles. The van der Waals surface area contributed by atoms with Crippen molar-refractivity contribution < 1.29 is 22.7 Å². The zero-order valence-electron chi connectivity index (χ0n) is 22.1. The first-order valence-corrected chi connectivity index (χ1v) is 13.2. The number of aromatic nitrogens is 1. The van der Waals surface area contributed by atoms with E-state index in [2.05, 4.69) is 30.1 Å². The number of amides is 1. The Labute approximate surface area is 226 Å². The normalized spacial score (nSPS) is 15.0. The second-order valence-electron chi connectivity index (χ2n) is 9.89. The maximum absolute atomic E-state index is 13.6. The molecular formula is C31H32F3N3O2. The summed E-state index contributed by atoms with van der Waals surface area (Å²) < 4.78 is 45.0. The number of anilines is 1. The number of ether oxygens (including phenoxy) is 1. The summed E-state index contributed by atoms with van der Waals surface area (Å²) in [6.07, 6.45) is -1.20. The summed E-state index contributed by atoms with van der Waals surface area (Å²) in [7, 11) is 1.63. The molecule has 5 nitrogen and oxygen atoms in total. The number of nitrogens with zero attached hydrogens (tertiary/aromatic N) is 2. The quantitative estimate of drug-likeness (QED) is 0.289. The fraction of sp³-hybridized carbons (Fsp3) is 0.323. The van der Waals surface area contributed by atoms with E-state index in [4.69, 9.17) is 4.74 Å². The first-order chi connectivity index (χ1) is 18.8. The first kappa shape index (κ1) is 26.7. The summed E-state index contributed by atoms with van der Waals surface area (Å²) in [6, 6.07) is 19.5. The van der Waals surface area contributed by atoms with Crippen molar-refractivity contribution in [3.8, 4) is 5.75 Å². The standard InChI is InChI=1S/C31H32F3N3O2/c1-3-21-7-5-12-26-28(20-35-30(21)26)27(22-8-4-11-25(17-22)39-2)19-29(38)37-15-13-36(14-16-37)24-10-6-9-23(18-24)31(32,33)34/h4-12,17-18,20,27,35H,3,13-16,19H2,1-2H3. The smallest absolute Gasteiger partial charge is 0.416 e. The minimum atomic E-state index is -4.39. The molecule has 1 unspecified atom stereocenters. The van der Waals surface area contributed by atoms with E-state index >= 15 is 0 Å². The number of aryl methyl sites for hydroxylation is 1. The van der Waals surface area contributed by atoms with Gasteiger partial charge in [-0.25, -0.2) is 0 Å². The predicted octanol–water partition coefficient (Wildman–Crippen LogP) is 6.63. The van der Waals surface area contributed by atoms with Gasteiger partial charge in [0.2, 0.25) is 5.91 Å². The molecule has 1 saturated heterocycles. The second-order valence-corrected chi connectivity index (χ2v) is 9.89. The molecule has 1 aliphatic heterocycles. The minimum Gasteiger partial charge on any atom is -0.497 e. The number of methoxy groups -OCH3 is 1. The van der Waals surface area contributed by atoms with Crippen molar-refractivity contribution >= 4 is 22.5 Å². The summed E-state index contributed by atoms with van der Waals surface area (Å²) in [6.45, 7) is 3.98. The number of hydrogen-bond donors (Lipinski definition) is 1. The Hall–Kier alpha value is -3.94. The van der Waals surface area contributed by atoms with Crippen LogP contribution in [0.3, 0.4) is 0 Å². The maximum atomic E-state index is 13.6. The van der Waals surface area contributed by atoms with Gasteiger partial charge in [-0.15, -0.1) is 0 Å². The maximum Gasteiger partial charge on any atom is 0.416 e. The van der Waals surface area contributed by atoms with Crippen molar-refractivity contribution in [2.24, 2.45) is 0 Å². The molecule has 1 amide bonds. The third-order valence-corrected chi connectivity index (χ3v) is 7.64. The Balaban J connectivity index is 1.37. The first-order valence-electron chi connectivity index (χ1n) is 13.2. The van der Waals surface area contributed by atoms with Crippen LogP contribution in [0.4, 0.5) is 18.9 Å². The number of carbonyl (C=O) groups excluding carboxylic acids is 1. The Morgan fingerprint density at radius 1 is 1.00 bits per heavy atom. The van der Waals surface area contributed by atoms with Gasteiger partial charge in [-0.2, -0.15) is 13.2 Å². The lowest BCUT2D eigenvalue weighted by Crippen LogP contribution is -2.49. The average Bonchev–Trinajstić information content (AvgIpc) is 3.39. The highest BCUT2D eigenvalue weighted by molar-refractivity contribution is 5.88. The number of halogens is 3. The zero-order valence-corrected chi connectivity index (χ0v) is 22.1. The fourth-order valence-corrected chi connectivity index (χ4v) is 5.48. The molecule has 8 heteroatoms.